The van der Waals surface area contributed by atoms with Crippen LogP contribution in [-0.4, -0.2) is 26.7 Å². The molecule has 26 heavy (non-hydrogen) atoms. The Morgan fingerprint density at radius 3 is 2.19 bits per heavy atom. The molecule has 142 valence electrons. The van der Waals surface area contributed by atoms with E-state index in [0.717, 1.165) is 5.56 Å². The zero-order valence-corrected chi connectivity index (χ0v) is 16.4. The van der Waals surface area contributed by atoms with Gasteiger partial charge in [-0.05, 0) is 29.2 Å². The van der Waals surface area contributed by atoms with E-state index < -0.39 is 0 Å². The molecule has 1 unspecified atom stereocenters. The van der Waals surface area contributed by atoms with Crippen LogP contribution in [0.1, 0.15) is 47.3 Å². The number of benzene rings is 2. The fourth-order valence-corrected chi connectivity index (χ4v) is 2.61. The lowest BCUT2D eigenvalue weighted by Gasteiger charge is -2.16. The monoisotopic (exact) mass is 378 g/mol. The molecule has 5 nitrogen and oxygen atoms in total. The molecule has 0 aromatic heterocycles. The Morgan fingerprint density at radius 2 is 1.65 bits per heavy atom. The van der Waals surface area contributed by atoms with Gasteiger partial charge in [0.1, 0.15) is 0 Å². The van der Waals surface area contributed by atoms with Crippen LogP contribution in [0.4, 0.5) is 0 Å². The molecule has 0 saturated carbocycles. The van der Waals surface area contributed by atoms with Crippen molar-refractivity contribution in [3.63, 3.8) is 0 Å². The van der Waals surface area contributed by atoms with Crippen LogP contribution in [0.5, 0.6) is 11.5 Å². The first-order valence-electron chi connectivity index (χ1n) is 8.32. The van der Waals surface area contributed by atoms with Gasteiger partial charge in [-0.1, -0.05) is 44.2 Å². The van der Waals surface area contributed by atoms with Gasteiger partial charge in [0.2, 0.25) is 0 Å². The maximum atomic E-state index is 12.5. The SMILES string of the molecule is COc1cccc(C(=O)NCC(N)c2ccc(C(C)C)cc2)c1OC.Cl. The number of carbonyl (C=O) groups is 1. The van der Waals surface area contributed by atoms with Gasteiger partial charge in [0.25, 0.3) is 5.91 Å². The van der Waals surface area contributed by atoms with Crippen molar-refractivity contribution in [1.82, 2.24) is 5.32 Å². The number of halogens is 1. The second-order valence-corrected chi connectivity index (χ2v) is 6.18. The number of ether oxygens (including phenoxy) is 2. The summed E-state index contributed by atoms with van der Waals surface area (Å²) in [7, 11) is 3.05. The summed E-state index contributed by atoms with van der Waals surface area (Å²) in [5.41, 5.74) is 8.88. The van der Waals surface area contributed by atoms with Gasteiger partial charge >= 0.3 is 0 Å². The quantitative estimate of drug-likeness (QED) is 0.770. The zero-order valence-electron chi connectivity index (χ0n) is 15.6. The summed E-state index contributed by atoms with van der Waals surface area (Å²) >= 11 is 0. The van der Waals surface area contributed by atoms with Crippen LogP contribution in [0, 0.1) is 0 Å². The van der Waals surface area contributed by atoms with Gasteiger partial charge in [0.15, 0.2) is 11.5 Å². The molecular weight excluding hydrogens is 352 g/mol. The van der Waals surface area contributed by atoms with E-state index in [1.54, 1.807) is 18.2 Å². The molecule has 0 heterocycles. The molecule has 0 aliphatic rings. The van der Waals surface area contributed by atoms with E-state index in [9.17, 15) is 4.79 Å². The summed E-state index contributed by atoms with van der Waals surface area (Å²) in [6.45, 7) is 4.63. The molecule has 2 aromatic rings. The average Bonchev–Trinajstić information content (AvgIpc) is 2.64. The molecule has 0 aliphatic heterocycles. The molecule has 0 spiro atoms. The van der Waals surface area contributed by atoms with E-state index >= 15 is 0 Å². The highest BCUT2D eigenvalue weighted by molar-refractivity contribution is 5.97. The molecule has 6 heteroatoms. The Kier molecular flexibility index (Phi) is 8.42. The van der Waals surface area contributed by atoms with Crippen LogP contribution >= 0.6 is 12.4 Å². The third-order valence-electron chi connectivity index (χ3n) is 4.16. The van der Waals surface area contributed by atoms with Gasteiger partial charge < -0.3 is 20.5 Å². The number of para-hydroxylation sites is 1. The molecule has 0 radical (unpaired) electrons. The average molecular weight is 379 g/mol. The number of nitrogens with one attached hydrogen (secondary N) is 1. The number of rotatable bonds is 7. The Balaban J connectivity index is 0.00000338. The second-order valence-electron chi connectivity index (χ2n) is 6.18. The van der Waals surface area contributed by atoms with Crippen molar-refractivity contribution < 1.29 is 14.3 Å². The number of methoxy groups -OCH3 is 2. The van der Waals surface area contributed by atoms with Crippen LogP contribution in [0.3, 0.4) is 0 Å². The highest BCUT2D eigenvalue weighted by atomic mass is 35.5. The van der Waals surface area contributed by atoms with Crippen LogP contribution in [0.25, 0.3) is 0 Å². The van der Waals surface area contributed by atoms with Gasteiger partial charge in [-0.15, -0.1) is 12.4 Å². The maximum absolute atomic E-state index is 12.5. The summed E-state index contributed by atoms with van der Waals surface area (Å²) in [6, 6.07) is 13.1. The topological polar surface area (TPSA) is 73.6 Å². The molecule has 2 rings (SSSR count). The van der Waals surface area contributed by atoms with Gasteiger partial charge in [-0.3, -0.25) is 4.79 Å². The zero-order chi connectivity index (χ0) is 18.4. The predicted molar refractivity (Wildman–Crippen MR) is 107 cm³/mol. The number of carbonyl (C=O) groups excluding carboxylic acids is 1. The number of nitrogens with two attached hydrogens (primary N) is 1. The molecule has 2 aromatic carbocycles. The third-order valence-corrected chi connectivity index (χ3v) is 4.16. The lowest BCUT2D eigenvalue weighted by atomic mass is 9.99. The Labute approximate surface area is 161 Å². The Morgan fingerprint density at radius 1 is 1.04 bits per heavy atom. The molecule has 3 N–H and O–H groups in total. The molecule has 0 saturated heterocycles. The van der Waals surface area contributed by atoms with Crippen molar-refractivity contribution in [2.45, 2.75) is 25.8 Å². The lowest BCUT2D eigenvalue weighted by Crippen LogP contribution is -2.32. The fraction of sp³-hybridized carbons (Fsp3) is 0.350. The predicted octanol–water partition coefficient (Wildman–Crippen LogP) is 3.68. The minimum absolute atomic E-state index is 0. The van der Waals surface area contributed by atoms with Gasteiger partial charge in [-0.25, -0.2) is 0 Å². The largest absolute Gasteiger partial charge is 0.493 e. The van der Waals surface area contributed by atoms with Crippen molar-refractivity contribution >= 4 is 18.3 Å². The van der Waals surface area contributed by atoms with E-state index in [0.29, 0.717) is 29.5 Å². The van der Waals surface area contributed by atoms with Gasteiger partial charge in [0.05, 0.1) is 19.8 Å². The summed E-state index contributed by atoms with van der Waals surface area (Å²) < 4.78 is 10.5. The Hall–Kier alpha value is -2.24. The van der Waals surface area contributed by atoms with Crippen molar-refractivity contribution in [2.75, 3.05) is 20.8 Å². The summed E-state index contributed by atoms with van der Waals surface area (Å²) in [5, 5.41) is 2.86. The minimum Gasteiger partial charge on any atom is -0.493 e. The lowest BCUT2D eigenvalue weighted by molar-refractivity contribution is 0.0947. The molecular formula is C20H27ClN2O3. The Bertz CT molecular complexity index is 717. The van der Waals surface area contributed by atoms with Gasteiger partial charge in [0, 0.05) is 12.6 Å². The smallest absolute Gasteiger partial charge is 0.255 e. The standard InChI is InChI=1S/C20H26N2O3.ClH/c1-13(2)14-8-10-15(11-9-14)17(21)12-22-20(23)16-6-5-7-18(24-3)19(16)25-4;/h5-11,13,17H,12,21H2,1-4H3,(H,22,23);1H. The highest BCUT2D eigenvalue weighted by Crippen LogP contribution is 2.30. The first-order chi connectivity index (χ1) is 12.0. The van der Waals surface area contributed by atoms with Crippen LogP contribution < -0.4 is 20.5 Å². The summed E-state index contributed by atoms with van der Waals surface area (Å²) in [5.74, 6) is 1.16. The van der Waals surface area contributed by atoms with E-state index in [1.807, 2.05) is 12.1 Å². The molecule has 0 bridgehead atoms. The first kappa shape index (κ1) is 21.8. The summed E-state index contributed by atoms with van der Waals surface area (Å²) in [6.07, 6.45) is 0. The van der Waals surface area contributed by atoms with Gasteiger partial charge in [-0.2, -0.15) is 0 Å². The second kappa shape index (κ2) is 10.0. The van der Waals surface area contributed by atoms with E-state index in [-0.39, 0.29) is 24.4 Å². The third kappa shape index (κ3) is 5.13. The highest BCUT2D eigenvalue weighted by Gasteiger charge is 2.17. The molecule has 1 atom stereocenters. The first-order valence-corrected chi connectivity index (χ1v) is 8.32. The van der Waals surface area contributed by atoms with Crippen molar-refractivity contribution in [2.24, 2.45) is 5.73 Å². The van der Waals surface area contributed by atoms with Crippen molar-refractivity contribution in [1.29, 1.82) is 0 Å². The van der Waals surface area contributed by atoms with Crippen LogP contribution in [-0.2, 0) is 0 Å². The molecule has 0 aliphatic carbocycles. The summed E-state index contributed by atoms with van der Waals surface area (Å²) in [4.78, 5) is 12.5. The minimum atomic E-state index is -0.276. The van der Waals surface area contributed by atoms with E-state index in [1.165, 1.54) is 19.8 Å². The number of hydrogen-bond donors (Lipinski definition) is 2. The number of hydrogen-bond acceptors (Lipinski definition) is 4. The number of amides is 1. The van der Waals surface area contributed by atoms with Crippen molar-refractivity contribution in [3.8, 4) is 11.5 Å². The van der Waals surface area contributed by atoms with Crippen LogP contribution in [0.2, 0.25) is 0 Å². The fourth-order valence-electron chi connectivity index (χ4n) is 2.61. The van der Waals surface area contributed by atoms with Crippen molar-refractivity contribution in [3.05, 3.63) is 59.2 Å². The normalized spacial score (nSPS) is 11.5. The molecule has 0 fully saturated rings. The molecule has 1 amide bonds. The maximum Gasteiger partial charge on any atom is 0.255 e. The van der Waals surface area contributed by atoms with E-state index in [4.69, 9.17) is 15.2 Å². The van der Waals surface area contributed by atoms with E-state index in [2.05, 4.69) is 31.3 Å². The van der Waals surface area contributed by atoms with Crippen LogP contribution in [0.15, 0.2) is 42.5 Å².